The molecule has 5 heteroatoms. The van der Waals surface area contributed by atoms with E-state index in [-0.39, 0.29) is 12.6 Å². The zero-order valence-electron chi connectivity index (χ0n) is 16.6. The second kappa shape index (κ2) is 12.9. The van der Waals surface area contributed by atoms with Crippen molar-refractivity contribution >= 4 is 5.97 Å². The van der Waals surface area contributed by atoms with Crippen LogP contribution < -0.4 is 4.74 Å². The number of benzene rings is 2. The quantitative estimate of drug-likeness (QED) is 0.421. The number of carbonyl (C=O) groups is 1. The number of aliphatic hydroxyl groups is 1. The summed E-state index contributed by atoms with van der Waals surface area (Å²) in [5.74, 6) is 0.610. The van der Waals surface area contributed by atoms with E-state index in [2.05, 4.69) is 17.0 Å². The molecule has 1 unspecified atom stereocenters. The van der Waals surface area contributed by atoms with Gasteiger partial charge in [-0.3, -0.25) is 9.69 Å². The first-order chi connectivity index (χ1) is 13.7. The van der Waals surface area contributed by atoms with Crippen LogP contribution in [0.1, 0.15) is 31.7 Å². The third-order valence-corrected chi connectivity index (χ3v) is 4.31. The molecule has 152 valence electrons. The standard InChI is InChI=1S/C23H31NO4/c1-2-27-23(26)15-9-10-16-24(17-20-11-5-3-6-12-20)18-21(25)19-28-22-13-7-4-8-14-22/h3-8,11-14,21,25H,2,9-10,15-19H2,1H3. The van der Waals surface area contributed by atoms with Gasteiger partial charge in [0.1, 0.15) is 18.5 Å². The van der Waals surface area contributed by atoms with Crippen molar-refractivity contribution in [3.05, 3.63) is 66.2 Å². The largest absolute Gasteiger partial charge is 0.491 e. The van der Waals surface area contributed by atoms with Crippen molar-refractivity contribution in [2.24, 2.45) is 0 Å². The zero-order chi connectivity index (χ0) is 20.0. The van der Waals surface area contributed by atoms with E-state index in [0.717, 1.165) is 31.7 Å². The van der Waals surface area contributed by atoms with Gasteiger partial charge in [0.2, 0.25) is 0 Å². The molecule has 5 nitrogen and oxygen atoms in total. The van der Waals surface area contributed by atoms with Crippen LogP contribution in [0.2, 0.25) is 0 Å². The third kappa shape index (κ3) is 9.02. The van der Waals surface area contributed by atoms with E-state index in [4.69, 9.17) is 9.47 Å². The summed E-state index contributed by atoms with van der Waals surface area (Å²) in [6.45, 7) is 4.56. The maximum atomic E-state index is 11.5. The molecule has 2 aromatic carbocycles. The summed E-state index contributed by atoms with van der Waals surface area (Å²) >= 11 is 0. The molecule has 1 N–H and O–H groups in total. The van der Waals surface area contributed by atoms with Gasteiger partial charge in [-0.25, -0.2) is 0 Å². The second-order valence-electron chi connectivity index (χ2n) is 6.76. The number of carbonyl (C=O) groups excluding carboxylic acids is 1. The molecule has 0 aliphatic rings. The summed E-state index contributed by atoms with van der Waals surface area (Å²) < 4.78 is 10.6. The van der Waals surface area contributed by atoms with Crippen LogP contribution in [-0.2, 0) is 16.1 Å². The van der Waals surface area contributed by atoms with E-state index in [9.17, 15) is 9.90 Å². The molecule has 0 saturated heterocycles. The van der Waals surface area contributed by atoms with Crippen molar-refractivity contribution in [2.45, 2.75) is 38.8 Å². The van der Waals surface area contributed by atoms with Crippen LogP contribution in [0.5, 0.6) is 5.75 Å². The van der Waals surface area contributed by atoms with E-state index in [1.54, 1.807) is 0 Å². The Bertz CT molecular complexity index is 663. The number of aliphatic hydroxyl groups excluding tert-OH is 1. The summed E-state index contributed by atoms with van der Waals surface area (Å²) in [5.41, 5.74) is 1.20. The zero-order valence-corrected chi connectivity index (χ0v) is 16.6. The molecule has 0 heterocycles. The average molecular weight is 386 g/mol. The van der Waals surface area contributed by atoms with Gasteiger partial charge in [-0.15, -0.1) is 0 Å². The van der Waals surface area contributed by atoms with Crippen LogP contribution in [0.25, 0.3) is 0 Å². The summed E-state index contributed by atoms with van der Waals surface area (Å²) in [7, 11) is 0. The smallest absolute Gasteiger partial charge is 0.305 e. The molecule has 1 atom stereocenters. The van der Waals surface area contributed by atoms with E-state index in [1.165, 1.54) is 5.56 Å². The van der Waals surface area contributed by atoms with Crippen molar-refractivity contribution in [2.75, 3.05) is 26.3 Å². The first-order valence-electron chi connectivity index (χ1n) is 9.95. The predicted molar refractivity (Wildman–Crippen MR) is 110 cm³/mol. The van der Waals surface area contributed by atoms with Gasteiger partial charge in [0, 0.05) is 19.5 Å². The number of esters is 1. The molecular formula is C23H31NO4. The van der Waals surface area contributed by atoms with Gasteiger partial charge >= 0.3 is 5.97 Å². The molecule has 0 aliphatic carbocycles. The Hall–Kier alpha value is -2.37. The van der Waals surface area contributed by atoms with E-state index in [0.29, 0.717) is 19.6 Å². The lowest BCUT2D eigenvalue weighted by Crippen LogP contribution is -2.36. The molecule has 0 spiro atoms. The lowest BCUT2D eigenvalue weighted by Gasteiger charge is -2.25. The molecular weight excluding hydrogens is 354 g/mol. The molecule has 0 bridgehead atoms. The van der Waals surface area contributed by atoms with Crippen molar-refractivity contribution in [1.29, 1.82) is 0 Å². The van der Waals surface area contributed by atoms with Gasteiger partial charge in [0.05, 0.1) is 6.61 Å². The Morgan fingerprint density at radius 3 is 2.39 bits per heavy atom. The topological polar surface area (TPSA) is 59.0 Å². The van der Waals surface area contributed by atoms with Gasteiger partial charge in [-0.05, 0) is 44.0 Å². The molecule has 2 aromatic rings. The highest BCUT2D eigenvalue weighted by molar-refractivity contribution is 5.69. The van der Waals surface area contributed by atoms with Gasteiger partial charge in [0.15, 0.2) is 0 Å². The maximum Gasteiger partial charge on any atom is 0.305 e. The molecule has 0 amide bonds. The fourth-order valence-electron chi connectivity index (χ4n) is 2.97. The summed E-state index contributed by atoms with van der Waals surface area (Å²) in [4.78, 5) is 13.7. The minimum atomic E-state index is -0.589. The monoisotopic (exact) mass is 385 g/mol. The fourth-order valence-corrected chi connectivity index (χ4v) is 2.97. The Labute approximate surface area is 167 Å². The second-order valence-corrected chi connectivity index (χ2v) is 6.76. The summed E-state index contributed by atoms with van der Waals surface area (Å²) in [6, 6.07) is 19.7. The lowest BCUT2D eigenvalue weighted by atomic mass is 10.1. The molecule has 0 radical (unpaired) electrons. The minimum Gasteiger partial charge on any atom is -0.491 e. The number of unbranched alkanes of at least 4 members (excludes halogenated alkanes) is 1. The Morgan fingerprint density at radius 2 is 1.71 bits per heavy atom. The fraction of sp³-hybridized carbons (Fsp3) is 0.435. The lowest BCUT2D eigenvalue weighted by molar-refractivity contribution is -0.143. The van der Waals surface area contributed by atoms with Gasteiger partial charge in [-0.2, -0.15) is 0 Å². The van der Waals surface area contributed by atoms with Crippen LogP contribution in [-0.4, -0.2) is 48.4 Å². The number of hydrogen-bond donors (Lipinski definition) is 1. The Balaban J connectivity index is 1.81. The first kappa shape index (κ1) is 21.9. The average Bonchev–Trinajstić information content (AvgIpc) is 2.71. The third-order valence-electron chi connectivity index (χ3n) is 4.31. The van der Waals surface area contributed by atoms with Crippen LogP contribution in [0.15, 0.2) is 60.7 Å². The van der Waals surface area contributed by atoms with Crippen LogP contribution in [0.4, 0.5) is 0 Å². The normalized spacial score (nSPS) is 12.0. The van der Waals surface area contributed by atoms with Gasteiger partial charge in [0.25, 0.3) is 0 Å². The number of para-hydroxylation sites is 1. The minimum absolute atomic E-state index is 0.145. The molecule has 0 fully saturated rings. The van der Waals surface area contributed by atoms with E-state index < -0.39 is 6.10 Å². The van der Waals surface area contributed by atoms with Crippen molar-refractivity contribution in [1.82, 2.24) is 4.90 Å². The highest BCUT2D eigenvalue weighted by atomic mass is 16.5. The number of ether oxygens (including phenoxy) is 2. The number of nitrogens with zero attached hydrogens (tertiary/aromatic N) is 1. The van der Waals surface area contributed by atoms with E-state index in [1.807, 2.05) is 55.5 Å². The van der Waals surface area contributed by atoms with Crippen LogP contribution >= 0.6 is 0 Å². The summed E-state index contributed by atoms with van der Waals surface area (Å²) in [6.07, 6.45) is 1.50. The highest BCUT2D eigenvalue weighted by Crippen LogP contribution is 2.11. The Morgan fingerprint density at radius 1 is 1.04 bits per heavy atom. The predicted octanol–water partition coefficient (Wildman–Crippen LogP) is 3.66. The Kier molecular flexibility index (Phi) is 10.1. The molecule has 0 aromatic heterocycles. The van der Waals surface area contributed by atoms with E-state index >= 15 is 0 Å². The van der Waals surface area contributed by atoms with Crippen molar-refractivity contribution in [3.63, 3.8) is 0 Å². The van der Waals surface area contributed by atoms with Gasteiger partial charge < -0.3 is 14.6 Å². The number of hydrogen-bond acceptors (Lipinski definition) is 5. The molecule has 28 heavy (non-hydrogen) atoms. The molecule has 0 aliphatic heterocycles. The van der Waals surface area contributed by atoms with Crippen molar-refractivity contribution < 1.29 is 19.4 Å². The van der Waals surface area contributed by atoms with Crippen LogP contribution in [0.3, 0.4) is 0 Å². The molecule has 0 saturated carbocycles. The number of rotatable bonds is 13. The molecule has 2 rings (SSSR count). The maximum absolute atomic E-state index is 11.5. The highest BCUT2D eigenvalue weighted by Gasteiger charge is 2.13. The summed E-state index contributed by atoms with van der Waals surface area (Å²) in [5, 5.41) is 10.4. The van der Waals surface area contributed by atoms with Crippen LogP contribution in [0, 0.1) is 0 Å². The SMILES string of the molecule is CCOC(=O)CCCCN(Cc1ccccc1)CC(O)COc1ccccc1. The van der Waals surface area contributed by atoms with Gasteiger partial charge in [-0.1, -0.05) is 48.5 Å². The van der Waals surface area contributed by atoms with Crippen molar-refractivity contribution in [3.8, 4) is 5.75 Å². The first-order valence-corrected chi connectivity index (χ1v) is 9.95.